The molecule has 0 saturated heterocycles. The molecule has 10 nitrogen and oxygen atoms in total. The maximum absolute atomic E-state index is 13.4. The molecule has 1 aliphatic heterocycles. The maximum atomic E-state index is 13.4. The van der Waals surface area contributed by atoms with Crippen LogP contribution in [0.4, 0.5) is 0 Å². The molecule has 4 fully saturated rings. The Hall–Kier alpha value is -2.66. The van der Waals surface area contributed by atoms with E-state index in [2.05, 4.69) is 0 Å². The topological polar surface area (TPSA) is 146 Å². The Balaban J connectivity index is 1.25. The Morgan fingerprint density at radius 3 is 2.30 bits per heavy atom. The minimum Gasteiger partial charge on any atom is -0.462 e. The molecule has 4 saturated carbocycles. The van der Waals surface area contributed by atoms with Crippen molar-refractivity contribution < 1.29 is 46.0 Å². The Labute approximate surface area is 188 Å². The van der Waals surface area contributed by atoms with Crippen molar-refractivity contribution in [3.63, 3.8) is 0 Å². The van der Waals surface area contributed by atoms with Gasteiger partial charge < -0.3 is 18.6 Å². The molecule has 176 valence electrons. The van der Waals surface area contributed by atoms with Gasteiger partial charge in [0.2, 0.25) is 11.5 Å². The molecular formula is C22H22O10S. The van der Waals surface area contributed by atoms with Crippen LogP contribution in [0, 0.1) is 23.2 Å². The van der Waals surface area contributed by atoms with E-state index in [1.807, 2.05) is 0 Å². The van der Waals surface area contributed by atoms with E-state index in [-0.39, 0.29) is 52.8 Å². The van der Waals surface area contributed by atoms with Gasteiger partial charge in [0.1, 0.15) is 11.1 Å². The first kappa shape index (κ1) is 20.9. The molecule has 5 aliphatic rings. The summed E-state index contributed by atoms with van der Waals surface area (Å²) >= 11 is 0. The number of rotatable bonds is 7. The van der Waals surface area contributed by atoms with E-state index in [9.17, 15) is 22.8 Å². The summed E-state index contributed by atoms with van der Waals surface area (Å²) in [6.07, 6.45) is 5.73. The smallest absolute Gasteiger partial charge is 0.348 e. The largest absolute Gasteiger partial charge is 0.462 e. The highest BCUT2D eigenvalue weighted by Gasteiger charge is 2.56. The van der Waals surface area contributed by atoms with Crippen molar-refractivity contribution in [1.29, 1.82) is 0 Å². The number of carbonyl (C=O) groups excluding carboxylic acids is 3. The summed E-state index contributed by atoms with van der Waals surface area (Å²) in [5.74, 6) is -1.16. The van der Waals surface area contributed by atoms with Crippen LogP contribution in [-0.2, 0) is 19.6 Å². The van der Waals surface area contributed by atoms with Crippen LogP contribution in [0.5, 0.6) is 11.5 Å². The molecule has 1 N–H and O–H groups in total. The average Bonchev–Trinajstić information content (AvgIpc) is 3.33. The van der Waals surface area contributed by atoms with Crippen LogP contribution in [0.2, 0.25) is 0 Å². The molecule has 7 rings (SSSR count). The highest BCUT2D eigenvalue weighted by atomic mass is 32.2. The van der Waals surface area contributed by atoms with Gasteiger partial charge in [0, 0.05) is 0 Å². The monoisotopic (exact) mass is 478 g/mol. The zero-order chi connectivity index (χ0) is 23.1. The summed E-state index contributed by atoms with van der Waals surface area (Å²) in [4.78, 5) is 38.4. The first-order chi connectivity index (χ1) is 15.6. The third-order valence-corrected chi connectivity index (χ3v) is 8.38. The van der Waals surface area contributed by atoms with Gasteiger partial charge in [-0.1, -0.05) is 0 Å². The van der Waals surface area contributed by atoms with E-state index >= 15 is 0 Å². The summed E-state index contributed by atoms with van der Waals surface area (Å²) in [6, 6.07) is 0. The van der Waals surface area contributed by atoms with E-state index in [1.165, 1.54) is 0 Å². The fourth-order valence-electron chi connectivity index (χ4n) is 6.72. The summed E-state index contributed by atoms with van der Waals surface area (Å²) in [7, 11) is -4.18. The van der Waals surface area contributed by atoms with Crippen LogP contribution in [0.1, 0.15) is 65.7 Å². The van der Waals surface area contributed by atoms with Crippen molar-refractivity contribution in [3.8, 4) is 11.5 Å². The third-order valence-electron chi connectivity index (χ3n) is 7.58. The van der Waals surface area contributed by atoms with E-state index in [1.54, 1.807) is 0 Å². The number of hydrogen-bond donors (Lipinski definition) is 1. The predicted molar refractivity (Wildman–Crippen MR) is 110 cm³/mol. The molecule has 0 atom stereocenters. The molecule has 2 aromatic heterocycles. The minimum absolute atomic E-state index is 0.00556. The first-order valence-electron chi connectivity index (χ1n) is 11.1. The Kier molecular flexibility index (Phi) is 4.39. The molecule has 2 aromatic rings. The van der Waals surface area contributed by atoms with Crippen molar-refractivity contribution in [2.24, 2.45) is 23.2 Å². The normalized spacial score (nSPS) is 29.6. The number of benzene rings is 1. The van der Waals surface area contributed by atoms with Crippen LogP contribution >= 0.6 is 0 Å². The third kappa shape index (κ3) is 3.23. The van der Waals surface area contributed by atoms with Gasteiger partial charge in [0.25, 0.3) is 10.1 Å². The first-order valence-corrected chi connectivity index (χ1v) is 12.7. The van der Waals surface area contributed by atoms with Crippen LogP contribution in [0.3, 0.4) is 0 Å². The van der Waals surface area contributed by atoms with Gasteiger partial charge in [-0.15, -0.1) is 0 Å². The second kappa shape index (κ2) is 6.92. The highest BCUT2D eigenvalue weighted by molar-refractivity contribution is 7.85. The molecule has 0 spiro atoms. The van der Waals surface area contributed by atoms with Gasteiger partial charge >= 0.3 is 17.9 Å². The molecule has 33 heavy (non-hydrogen) atoms. The molecule has 3 heterocycles. The van der Waals surface area contributed by atoms with Gasteiger partial charge in [-0.3, -0.25) is 9.35 Å². The van der Waals surface area contributed by atoms with Crippen LogP contribution in [0.25, 0.3) is 11.2 Å². The number of esters is 3. The number of carbonyl (C=O) groups is 3. The summed E-state index contributed by atoms with van der Waals surface area (Å²) in [5.41, 5.74) is -0.890. The van der Waals surface area contributed by atoms with E-state index in [0.717, 1.165) is 38.5 Å². The second-order valence-corrected chi connectivity index (χ2v) is 11.5. The minimum atomic E-state index is -4.18. The van der Waals surface area contributed by atoms with E-state index in [0.29, 0.717) is 17.8 Å². The van der Waals surface area contributed by atoms with Crippen LogP contribution in [0.15, 0.2) is 4.42 Å². The van der Waals surface area contributed by atoms with Crippen molar-refractivity contribution in [3.05, 3.63) is 11.1 Å². The molecule has 6 bridgehead atoms. The van der Waals surface area contributed by atoms with Gasteiger partial charge in [0.15, 0.2) is 11.2 Å². The van der Waals surface area contributed by atoms with Gasteiger partial charge in [-0.05, 0) is 62.7 Å². The number of furan rings is 2. The lowest BCUT2D eigenvalue weighted by molar-refractivity contribution is -0.161. The fraction of sp³-hybridized carbons (Fsp3) is 0.591. The van der Waals surface area contributed by atoms with Gasteiger partial charge in [0.05, 0.1) is 17.8 Å². The number of fused-ring (bicyclic) bond motifs is 1. The lowest BCUT2D eigenvalue weighted by Crippen LogP contribution is -2.51. The van der Waals surface area contributed by atoms with E-state index in [4.69, 9.17) is 23.2 Å². The fourth-order valence-corrected chi connectivity index (χ4v) is 7.20. The Morgan fingerprint density at radius 1 is 1.06 bits per heavy atom. The van der Waals surface area contributed by atoms with Crippen molar-refractivity contribution in [2.45, 2.75) is 44.9 Å². The van der Waals surface area contributed by atoms with Gasteiger partial charge in [-0.25, -0.2) is 9.59 Å². The number of hydrogen-bond acceptors (Lipinski definition) is 9. The molecule has 0 amide bonds. The standard InChI is InChI=1S/C22H22O10S/c23-19(29-2-1-3-33(26,27)28)13-14-16-17(31-20(14)24)18(15(13)30-16)32-21(25)22-7-10-4-11(8-22)6-12(5-10)9-22/h10-12H,1-9H2,(H,26,27,28). The van der Waals surface area contributed by atoms with Crippen LogP contribution in [-0.4, -0.2) is 43.2 Å². The zero-order valence-electron chi connectivity index (χ0n) is 17.6. The molecule has 0 radical (unpaired) electrons. The average molecular weight is 478 g/mol. The van der Waals surface area contributed by atoms with Gasteiger partial charge in [-0.2, -0.15) is 8.42 Å². The number of ether oxygens (including phenoxy) is 3. The molecule has 0 aromatic carbocycles. The maximum Gasteiger partial charge on any atom is 0.348 e. The SMILES string of the molecule is O=C1Oc2c(OC(=O)C34CC5CC(CC(C5)C3)C4)c3oc2c1c3C(=O)OCCCS(=O)(=O)O. The molecule has 11 heteroatoms. The predicted octanol–water partition coefficient (Wildman–Crippen LogP) is 2.96. The summed E-state index contributed by atoms with van der Waals surface area (Å²) in [5, 5.41) is 0. The Morgan fingerprint density at radius 2 is 1.70 bits per heavy atom. The summed E-state index contributed by atoms with van der Waals surface area (Å²) < 4.78 is 52.1. The molecular weight excluding hydrogens is 456 g/mol. The second-order valence-electron chi connectivity index (χ2n) is 9.92. The van der Waals surface area contributed by atoms with Crippen molar-refractivity contribution >= 4 is 39.2 Å². The molecule has 0 unspecified atom stereocenters. The van der Waals surface area contributed by atoms with E-state index < -0.39 is 33.2 Å². The lowest BCUT2D eigenvalue weighted by atomic mass is 9.49. The van der Waals surface area contributed by atoms with Crippen molar-refractivity contribution in [1.82, 2.24) is 0 Å². The molecule has 4 aliphatic carbocycles. The Bertz CT molecular complexity index is 1250. The zero-order valence-corrected chi connectivity index (χ0v) is 18.4. The van der Waals surface area contributed by atoms with Crippen molar-refractivity contribution in [2.75, 3.05) is 12.4 Å². The van der Waals surface area contributed by atoms with Crippen LogP contribution < -0.4 is 9.47 Å². The highest BCUT2D eigenvalue weighted by Crippen LogP contribution is 2.61. The quantitative estimate of drug-likeness (QED) is 0.273. The summed E-state index contributed by atoms with van der Waals surface area (Å²) in [6.45, 7) is -0.300. The lowest BCUT2D eigenvalue weighted by Gasteiger charge is -2.55.